The van der Waals surface area contributed by atoms with E-state index in [-0.39, 0.29) is 21.8 Å². The van der Waals surface area contributed by atoms with Crippen LogP contribution in [0.2, 0.25) is 0 Å². The van der Waals surface area contributed by atoms with Crippen LogP contribution in [0.3, 0.4) is 0 Å². The van der Waals surface area contributed by atoms with E-state index in [9.17, 15) is 18.0 Å². The van der Waals surface area contributed by atoms with Crippen LogP contribution in [-0.2, 0) is 11.3 Å². The van der Waals surface area contributed by atoms with Crippen molar-refractivity contribution in [2.75, 3.05) is 0 Å². The fraction of sp³-hybridized carbons (Fsp3) is 0.214. The van der Waals surface area contributed by atoms with Crippen molar-refractivity contribution in [2.24, 2.45) is 0 Å². The van der Waals surface area contributed by atoms with Crippen molar-refractivity contribution in [2.45, 2.75) is 18.8 Å². The Morgan fingerprint density at radius 1 is 1.50 bits per heavy atom. The minimum absolute atomic E-state index is 0.00507. The van der Waals surface area contributed by atoms with Crippen LogP contribution in [0.5, 0.6) is 0 Å². The molecule has 3 heterocycles. The predicted molar refractivity (Wildman–Crippen MR) is 89.0 cm³/mol. The molecular weight excluding hydrogens is 431 g/mol. The second-order valence-electron chi connectivity index (χ2n) is 4.99. The van der Waals surface area contributed by atoms with Crippen molar-refractivity contribution in [3.63, 3.8) is 0 Å². The summed E-state index contributed by atoms with van der Waals surface area (Å²) < 4.78 is 39.8. The van der Waals surface area contributed by atoms with E-state index in [1.807, 2.05) is 17.5 Å². The number of thiophene rings is 1. The molecule has 0 aromatic carbocycles. The van der Waals surface area contributed by atoms with Gasteiger partial charge in [-0.2, -0.15) is 13.2 Å². The van der Waals surface area contributed by atoms with Gasteiger partial charge < -0.3 is 5.32 Å². The Hall–Kier alpha value is -1.45. The summed E-state index contributed by atoms with van der Waals surface area (Å²) in [6.45, 7) is 0.276. The SMILES string of the molecule is O=C(NCc1cccs1)C1=C(Cl)C2C=C(Br)C=C(C(F)(F)F)N2N1. The van der Waals surface area contributed by atoms with Gasteiger partial charge in [-0.1, -0.05) is 33.6 Å². The molecule has 1 aromatic heterocycles. The highest BCUT2D eigenvalue weighted by Gasteiger charge is 2.46. The average Bonchev–Trinajstić information content (AvgIpc) is 3.12. The molecule has 24 heavy (non-hydrogen) atoms. The third-order valence-corrected chi connectivity index (χ3v) is 5.16. The first-order chi connectivity index (χ1) is 11.3. The molecular formula is C14H10BrClF3N3OS. The van der Waals surface area contributed by atoms with Gasteiger partial charge in [-0.15, -0.1) is 11.3 Å². The lowest BCUT2D eigenvalue weighted by molar-refractivity contribution is -0.121. The van der Waals surface area contributed by atoms with E-state index in [2.05, 4.69) is 26.7 Å². The van der Waals surface area contributed by atoms with Crippen LogP contribution in [0.15, 0.2) is 50.6 Å². The smallest absolute Gasteiger partial charge is 0.346 e. The topological polar surface area (TPSA) is 44.4 Å². The molecule has 0 aliphatic carbocycles. The van der Waals surface area contributed by atoms with E-state index in [0.717, 1.165) is 16.0 Å². The van der Waals surface area contributed by atoms with Gasteiger partial charge in [0.15, 0.2) is 0 Å². The lowest BCUT2D eigenvalue weighted by Gasteiger charge is -2.31. The van der Waals surface area contributed by atoms with Gasteiger partial charge in [0, 0.05) is 9.36 Å². The monoisotopic (exact) mass is 439 g/mol. The molecule has 128 valence electrons. The van der Waals surface area contributed by atoms with Crippen LogP contribution in [0.4, 0.5) is 13.2 Å². The summed E-state index contributed by atoms with van der Waals surface area (Å²) in [5, 5.41) is 5.35. The zero-order chi connectivity index (χ0) is 17.5. The van der Waals surface area contributed by atoms with Gasteiger partial charge in [0.2, 0.25) is 0 Å². The van der Waals surface area contributed by atoms with Crippen molar-refractivity contribution in [1.82, 2.24) is 15.8 Å². The van der Waals surface area contributed by atoms with Crippen molar-refractivity contribution < 1.29 is 18.0 Å². The Labute approximate surface area is 152 Å². The standard InChI is InChI=1S/C14H10BrClF3N3OS/c15-7-4-9-11(16)12(13(23)20-6-8-2-1-3-24-8)21-22(9)10(5-7)14(17,18)19/h1-5,9,21H,6H2,(H,20,23). The molecule has 0 saturated carbocycles. The van der Waals surface area contributed by atoms with Crippen LogP contribution in [0.25, 0.3) is 0 Å². The van der Waals surface area contributed by atoms with Crippen molar-refractivity contribution in [3.8, 4) is 0 Å². The van der Waals surface area contributed by atoms with Crippen LogP contribution >= 0.6 is 38.9 Å². The Bertz CT molecular complexity index is 758. The molecule has 0 spiro atoms. The number of nitrogens with one attached hydrogen (secondary N) is 2. The summed E-state index contributed by atoms with van der Waals surface area (Å²) in [5.74, 6) is -0.561. The maximum Gasteiger partial charge on any atom is 0.432 e. The molecule has 0 radical (unpaired) electrons. The molecule has 0 bridgehead atoms. The number of amides is 1. The molecule has 2 aliphatic rings. The van der Waals surface area contributed by atoms with Gasteiger partial charge in [-0.05, 0) is 23.6 Å². The summed E-state index contributed by atoms with van der Waals surface area (Å²) in [6.07, 6.45) is -2.16. The Morgan fingerprint density at radius 3 is 2.88 bits per heavy atom. The summed E-state index contributed by atoms with van der Waals surface area (Å²) in [4.78, 5) is 13.2. The number of nitrogens with zero attached hydrogens (tertiary/aromatic N) is 1. The Balaban J connectivity index is 1.79. The first kappa shape index (κ1) is 17.4. The second kappa shape index (κ2) is 6.45. The number of hydrogen-bond donors (Lipinski definition) is 2. The quantitative estimate of drug-likeness (QED) is 0.753. The lowest BCUT2D eigenvalue weighted by Crippen LogP contribution is -2.45. The summed E-state index contributed by atoms with van der Waals surface area (Å²) >= 11 is 10.7. The lowest BCUT2D eigenvalue weighted by atomic mass is 10.1. The first-order valence-corrected chi connectivity index (χ1v) is 8.75. The van der Waals surface area contributed by atoms with Crippen LogP contribution in [0, 0.1) is 0 Å². The number of halogens is 5. The largest absolute Gasteiger partial charge is 0.432 e. The van der Waals surface area contributed by atoms with E-state index in [1.54, 1.807) is 0 Å². The molecule has 1 unspecified atom stereocenters. The maximum atomic E-state index is 13.2. The zero-order valence-corrected chi connectivity index (χ0v) is 15.0. The van der Waals surface area contributed by atoms with Crippen molar-refractivity contribution in [1.29, 1.82) is 0 Å². The highest BCUT2D eigenvalue weighted by Crippen LogP contribution is 2.40. The molecule has 1 aromatic rings. The summed E-state index contributed by atoms with van der Waals surface area (Å²) in [7, 11) is 0. The molecule has 4 nitrogen and oxygen atoms in total. The average molecular weight is 441 g/mol. The molecule has 1 atom stereocenters. The molecule has 0 fully saturated rings. The highest BCUT2D eigenvalue weighted by atomic mass is 79.9. The van der Waals surface area contributed by atoms with Gasteiger partial charge in [0.05, 0.1) is 11.6 Å². The van der Waals surface area contributed by atoms with E-state index in [4.69, 9.17) is 11.6 Å². The minimum atomic E-state index is -4.58. The molecule has 2 N–H and O–H groups in total. The maximum absolute atomic E-state index is 13.2. The normalized spacial score (nSPS) is 20.4. The molecule has 0 saturated heterocycles. The Kier molecular flexibility index (Phi) is 4.67. The Morgan fingerprint density at radius 2 is 2.25 bits per heavy atom. The third-order valence-electron chi connectivity index (χ3n) is 3.38. The number of fused-ring (bicyclic) bond motifs is 1. The number of carbonyl (C=O) groups excluding carboxylic acids is 1. The number of rotatable bonds is 3. The van der Waals surface area contributed by atoms with Gasteiger partial charge in [-0.25, -0.2) is 0 Å². The van der Waals surface area contributed by atoms with Crippen LogP contribution < -0.4 is 10.7 Å². The van der Waals surface area contributed by atoms with E-state index in [0.29, 0.717) is 0 Å². The van der Waals surface area contributed by atoms with E-state index >= 15 is 0 Å². The number of alkyl halides is 3. The second-order valence-corrected chi connectivity index (χ2v) is 7.35. The highest BCUT2D eigenvalue weighted by molar-refractivity contribution is 9.11. The molecule has 10 heteroatoms. The predicted octanol–water partition coefficient (Wildman–Crippen LogP) is 3.74. The zero-order valence-electron chi connectivity index (χ0n) is 11.8. The summed E-state index contributed by atoms with van der Waals surface area (Å²) in [6, 6.07) is 2.79. The van der Waals surface area contributed by atoms with E-state index < -0.39 is 23.8 Å². The van der Waals surface area contributed by atoms with Crippen molar-refractivity contribution >= 4 is 44.8 Å². The fourth-order valence-corrected chi connectivity index (χ4v) is 3.71. The number of allylic oxidation sites excluding steroid dienone is 3. The first-order valence-electron chi connectivity index (χ1n) is 6.69. The fourth-order valence-electron chi connectivity index (χ4n) is 2.31. The van der Waals surface area contributed by atoms with E-state index in [1.165, 1.54) is 17.4 Å². The summed E-state index contributed by atoms with van der Waals surface area (Å²) in [5.41, 5.74) is 1.45. The van der Waals surface area contributed by atoms with Crippen LogP contribution in [-0.4, -0.2) is 23.1 Å². The third kappa shape index (κ3) is 3.33. The molecule has 1 amide bonds. The minimum Gasteiger partial charge on any atom is -0.346 e. The molecule has 3 rings (SSSR count). The van der Waals surface area contributed by atoms with Gasteiger partial charge in [0.25, 0.3) is 5.91 Å². The van der Waals surface area contributed by atoms with Crippen molar-refractivity contribution in [3.05, 3.63) is 55.5 Å². The number of hydrazine groups is 1. The van der Waals surface area contributed by atoms with Crippen LogP contribution in [0.1, 0.15) is 4.88 Å². The number of hydrogen-bond acceptors (Lipinski definition) is 4. The van der Waals surface area contributed by atoms with Gasteiger partial charge in [0.1, 0.15) is 17.4 Å². The van der Waals surface area contributed by atoms with Gasteiger partial charge >= 0.3 is 6.18 Å². The number of carbonyl (C=O) groups is 1. The molecule has 2 aliphatic heterocycles. The van der Waals surface area contributed by atoms with Gasteiger partial charge in [-0.3, -0.25) is 15.2 Å².